The Labute approximate surface area is 80.9 Å². The summed E-state index contributed by atoms with van der Waals surface area (Å²) in [5.41, 5.74) is 5.65. The average Bonchev–Trinajstić information content (AvgIpc) is 2.47. The van der Waals surface area contributed by atoms with Gasteiger partial charge in [-0.2, -0.15) is 0 Å². The largest absolute Gasteiger partial charge is 0.396 e. The van der Waals surface area contributed by atoms with Crippen molar-refractivity contribution in [2.45, 2.75) is 26.3 Å². The van der Waals surface area contributed by atoms with Gasteiger partial charge in [0.15, 0.2) is 0 Å². The van der Waals surface area contributed by atoms with E-state index in [1.54, 1.807) is 0 Å². The lowest BCUT2D eigenvalue weighted by Gasteiger charge is -2.23. The number of hydrogen-bond donors (Lipinski definition) is 2. The predicted molar refractivity (Wildman–Crippen MR) is 54.4 cm³/mol. The molecule has 1 heterocycles. The zero-order valence-corrected chi connectivity index (χ0v) is 8.74. The van der Waals surface area contributed by atoms with E-state index in [0.29, 0.717) is 17.9 Å². The summed E-state index contributed by atoms with van der Waals surface area (Å²) in [4.78, 5) is 2.44. The lowest BCUT2D eigenvalue weighted by molar-refractivity contribution is 0.168. The molecule has 3 unspecified atom stereocenters. The third kappa shape index (κ3) is 2.93. The van der Waals surface area contributed by atoms with Crippen molar-refractivity contribution in [3.63, 3.8) is 0 Å². The standard InChI is InChI=1S/C10H22N2O/c1-8(7-13)5-12-6-10(4-11)3-9(12)2/h8-10,13H,3-7,11H2,1-2H3. The molecule has 1 fully saturated rings. The second kappa shape index (κ2) is 4.94. The van der Waals surface area contributed by atoms with Gasteiger partial charge in [-0.05, 0) is 31.7 Å². The molecule has 0 amide bonds. The van der Waals surface area contributed by atoms with Crippen molar-refractivity contribution in [3.8, 4) is 0 Å². The zero-order chi connectivity index (χ0) is 9.84. The summed E-state index contributed by atoms with van der Waals surface area (Å²) < 4.78 is 0. The van der Waals surface area contributed by atoms with E-state index >= 15 is 0 Å². The second-order valence-electron chi connectivity index (χ2n) is 4.43. The van der Waals surface area contributed by atoms with Crippen LogP contribution in [0.2, 0.25) is 0 Å². The summed E-state index contributed by atoms with van der Waals surface area (Å²) in [7, 11) is 0. The summed E-state index contributed by atoms with van der Waals surface area (Å²) in [6.07, 6.45) is 1.22. The first-order valence-corrected chi connectivity index (χ1v) is 5.22. The number of aliphatic hydroxyl groups is 1. The first-order chi connectivity index (χ1) is 6.17. The Morgan fingerprint density at radius 3 is 2.77 bits per heavy atom. The molecule has 0 radical (unpaired) electrons. The van der Waals surface area contributed by atoms with Crippen LogP contribution in [0, 0.1) is 11.8 Å². The molecule has 13 heavy (non-hydrogen) atoms. The number of nitrogens with zero attached hydrogens (tertiary/aromatic N) is 1. The van der Waals surface area contributed by atoms with Crippen molar-refractivity contribution in [3.05, 3.63) is 0 Å². The molecule has 0 aromatic rings. The van der Waals surface area contributed by atoms with Crippen molar-refractivity contribution in [2.75, 3.05) is 26.2 Å². The monoisotopic (exact) mass is 186 g/mol. The van der Waals surface area contributed by atoms with E-state index in [9.17, 15) is 0 Å². The van der Waals surface area contributed by atoms with Crippen LogP contribution in [-0.2, 0) is 0 Å². The Bertz CT molecular complexity index is 152. The van der Waals surface area contributed by atoms with Gasteiger partial charge in [0, 0.05) is 25.7 Å². The van der Waals surface area contributed by atoms with Gasteiger partial charge in [0.25, 0.3) is 0 Å². The summed E-state index contributed by atoms with van der Waals surface area (Å²) in [6.45, 7) is 7.54. The fraction of sp³-hybridized carbons (Fsp3) is 1.00. The fourth-order valence-electron chi connectivity index (χ4n) is 2.10. The summed E-state index contributed by atoms with van der Waals surface area (Å²) >= 11 is 0. The Morgan fingerprint density at radius 1 is 1.62 bits per heavy atom. The molecule has 0 bridgehead atoms. The quantitative estimate of drug-likeness (QED) is 0.663. The topological polar surface area (TPSA) is 49.5 Å². The molecule has 0 spiro atoms. The first kappa shape index (κ1) is 11.0. The van der Waals surface area contributed by atoms with Gasteiger partial charge in [0.1, 0.15) is 0 Å². The van der Waals surface area contributed by atoms with Gasteiger partial charge >= 0.3 is 0 Å². The summed E-state index contributed by atoms with van der Waals surface area (Å²) in [5, 5.41) is 8.95. The summed E-state index contributed by atoms with van der Waals surface area (Å²) in [6, 6.07) is 0.641. The molecule has 3 heteroatoms. The SMILES string of the molecule is CC(CO)CN1CC(CN)CC1C. The molecular weight excluding hydrogens is 164 g/mol. The van der Waals surface area contributed by atoms with Crippen LogP contribution in [0.15, 0.2) is 0 Å². The van der Waals surface area contributed by atoms with Crippen molar-refractivity contribution < 1.29 is 5.11 Å². The van der Waals surface area contributed by atoms with Crippen molar-refractivity contribution in [1.29, 1.82) is 0 Å². The minimum atomic E-state index is 0.288. The molecule has 0 aliphatic carbocycles. The molecule has 3 N–H and O–H groups in total. The minimum Gasteiger partial charge on any atom is -0.396 e. The molecule has 0 aromatic carbocycles. The van der Waals surface area contributed by atoms with Gasteiger partial charge < -0.3 is 10.8 Å². The molecule has 0 saturated carbocycles. The van der Waals surface area contributed by atoms with Crippen LogP contribution >= 0.6 is 0 Å². The number of likely N-dealkylation sites (tertiary alicyclic amines) is 1. The average molecular weight is 186 g/mol. The van der Waals surface area contributed by atoms with E-state index < -0.39 is 0 Å². The van der Waals surface area contributed by atoms with Gasteiger partial charge in [0.2, 0.25) is 0 Å². The molecule has 3 nitrogen and oxygen atoms in total. The van der Waals surface area contributed by atoms with E-state index in [1.807, 2.05) is 0 Å². The highest BCUT2D eigenvalue weighted by molar-refractivity contribution is 4.83. The van der Waals surface area contributed by atoms with Crippen LogP contribution in [0.25, 0.3) is 0 Å². The third-order valence-corrected chi connectivity index (χ3v) is 2.98. The van der Waals surface area contributed by atoms with Crippen LogP contribution in [0.3, 0.4) is 0 Å². The maximum atomic E-state index is 8.95. The lowest BCUT2D eigenvalue weighted by atomic mass is 10.1. The highest BCUT2D eigenvalue weighted by Gasteiger charge is 2.28. The van der Waals surface area contributed by atoms with Crippen LogP contribution in [-0.4, -0.2) is 42.3 Å². The van der Waals surface area contributed by atoms with Gasteiger partial charge in [-0.25, -0.2) is 0 Å². The maximum Gasteiger partial charge on any atom is 0.0468 e. The van der Waals surface area contributed by atoms with E-state index in [-0.39, 0.29) is 6.61 Å². The Kier molecular flexibility index (Phi) is 4.16. The number of rotatable bonds is 4. The van der Waals surface area contributed by atoms with Crippen molar-refractivity contribution in [1.82, 2.24) is 4.90 Å². The van der Waals surface area contributed by atoms with Crippen molar-refractivity contribution >= 4 is 0 Å². The van der Waals surface area contributed by atoms with Crippen molar-refractivity contribution in [2.24, 2.45) is 17.6 Å². The molecule has 1 rings (SSSR count). The number of hydrogen-bond acceptors (Lipinski definition) is 3. The Morgan fingerprint density at radius 2 is 2.31 bits per heavy atom. The van der Waals surface area contributed by atoms with Gasteiger partial charge in [-0.15, -0.1) is 0 Å². The molecule has 0 aromatic heterocycles. The number of nitrogens with two attached hydrogens (primary N) is 1. The smallest absolute Gasteiger partial charge is 0.0468 e. The lowest BCUT2D eigenvalue weighted by Crippen LogP contribution is -2.33. The fourth-order valence-corrected chi connectivity index (χ4v) is 2.10. The first-order valence-electron chi connectivity index (χ1n) is 5.22. The number of aliphatic hydroxyl groups excluding tert-OH is 1. The molecule has 78 valence electrons. The highest BCUT2D eigenvalue weighted by atomic mass is 16.3. The third-order valence-electron chi connectivity index (χ3n) is 2.98. The Balaban J connectivity index is 2.34. The van der Waals surface area contributed by atoms with Crippen LogP contribution in [0.5, 0.6) is 0 Å². The van der Waals surface area contributed by atoms with Crippen LogP contribution in [0.1, 0.15) is 20.3 Å². The van der Waals surface area contributed by atoms with Crippen LogP contribution < -0.4 is 5.73 Å². The maximum absolute atomic E-state index is 8.95. The van der Waals surface area contributed by atoms with E-state index in [1.165, 1.54) is 6.42 Å². The zero-order valence-electron chi connectivity index (χ0n) is 8.74. The molecule has 1 saturated heterocycles. The Hall–Kier alpha value is -0.120. The molecule has 1 aliphatic heterocycles. The normalized spacial score (nSPS) is 32.3. The summed E-state index contributed by atoms with van der Waals surface area (Å²) in [5.74, 6) is 1.06. The molecular formula is C10H22N2O. The van der Waals surface area contributed by atoms with E-state index in [2.05, 4.69) is 18.7 Å². The molecule has 1 aliphatic rings. The van der Waals surface area contributed by atoms with E-state index in [4.69, 9.17) is 10.8 Å². The predicted octanol–water partition coefficient (Wildman–Crippen LogP) is 0.284. The minimum absolute atomic E-state index is 0.288. The van der Waals surface area contributed by atoms with Gasteiger partial charge in [-0.1, -0.05) is 6.92 Å². The second-order valence-corrected chi connectivity index (χ2v) is 4.43. The van der Waals surface area contributed by atoms with E-state index in [0.717, 1.165) is 19.6 Å². The molecule has 3 atom stereocenters. The van der Waals surface area contributed by atoms with Crippen LogP contribution in [0.4, 0.5) is 0 Å². The van der Waals surface area contributed by atoms with Gasteiger partial charge in [-0.3, -0.25) is 4.90 Å². The highest BCUT2D eigenvalue weighted by Crippen LogP contribution is 2.22. The van der Waals surface area contributed by atoms with Gasteiger partial charge in [0.05, 0.1) is 0 Å².